The molecule has 14 heavy (non-hydrogen) atoms. The number of carbonyl (C=O) groups is 1. The monoisotopic (exact) mass is 255 g/mol. The van der Waals surface area contributed by atoms with Crippen molar-refractivity contribution in [1.29, 1.82) is 0 Å². The first kappa shape index (κ1) is 10.8. The minimum atomic E-state index is -0.366. The van der Waals surface area contributed by atoms with Crippen LogP contribution < -0.4 is 5.73 Å². The zero-order valence-corrected chi connectivity index (χ0v) is 9.24. The lowest BCUT2D eigenvalue weighted by atomic mass is 10.1. The molecule has 0 aliphatic carbocycles. The Morgan fingerprint density at radius 2 is 2.29 bits per heavy atom. The van der Waals surface area contributed by atoms with Gasteiger partial charge in [0.15, 0.2) is 0 Å². The van der Waals surface area contributed by atoms with Crippen molar-refractivity contribution in [3.8, 4) is 0 Å². The van der Waals surface area contributed by atoms with Gasteiger partial charge in [-0.3, -0.25) is 0 Å². The van der Waals surface area contributed by atoms with Crippen LogP contribution in [0.3, 0.4) is 0 Å². The molecule has 1 aromatic carbocycles. The van der Waals surface area contributed by atoms with Crippen molar-refractivity contribution in [2.45, 2.75) is 0 Å². The molecule has 0 saturated carbocycles. The number of ether oxygens (including phenoxy) is 1. The molecule has 0 aromatic heterocycles. The number of esters is 1. The molecular weight excluding hydrogens is 246 g/mol. The van der Waals surface area contributed by atoms with Gasteiger partial charge in [0, 0.05) is 5.69 Å². The smallest absolute Gasteiger partial charge is 0.337 e. The topological polar surface area (TPSA) is 52.3 Å². The summed E-state index contributed by atoms with van der Waals surface area (Å²) in [5.41, 5.74) is 7.58. The fourth-order valence-corrected chi connectivity index (χ4v) is 1.32. The van der Waals surface area contributed by atoms with E-state index in [-0.39, 0.29) is 5.97 Å². The Morgan fingerprint density at radius 1 is 1.57 bits per heavy atom. The Morgan fingerprint density at radius 3 is 2.86 bits per heavy atom. The van der Waals surface area contributed by atoms with Crippen LogP contribution in [0.1, 0.15) is 15.9 Å². The van der Waals surface area contributed by atoms with Crippen LogP contribution in [-0.2, 0) is 4.74 Å². The van der Waals surface area contributed by atoms with Crippen molar-refractivity contribution < 1.29 is 9.53 Å². The Bertz CT molecular complexity index is 374. The van der Waals surface area contributed by atoms with E-state index in [9.17, 15) is 4.79 Å². The average molecular weight is 256 g/mol. The fraction of sp³-hybridized carbons (Fsp3) is 0.100. The molecule has 0 saturated heterocycles. The van der Waals surface area contributed by atoms with Gasteiger partial charge in [-0.1, -0.05) is 15.9 Å². The van der Waals surface area contributed by atoms with Gasteiger partial charge in [-0.15, -0.1) is 0 Å². The minimum Gasteiger partial charge on any atom is -0.465 e. The summed E-state index contributed by atoms with van der Waals surface area (Å²) >= 11 is 3.15. The molecule has 0 aliphatic heterocycles. The first-order chi connectivity index (χ1) is 6.69. The number of carbonyl (C=O) groups excluding carboxylic acids is 1. The van der Waals surface area contributed by atoms with Gasteiger partial charge in [0.2, 0.25) is 0 Å². The molecule has 0 amide bonds. The van der Waals surface area contributed by atoms with E-state index < -0.39 is 0 Å². The SMILES string of the molecule is COC(=O)c1ccc(N)c(/C=C\Br)c1. The molecule has 74 valence electrons. The number of nitrogens with two attached hydrogens (primary N) is 1. The lowest BCUT2D eigenvalue weighted by Crippen LogP contribution is -2.02. The number of hydrogen-bond donors (Lipinski definition) is 1. The van der Waals surface area contributed by atoms with Crippen LogP contribution in [0.25, 0.3) is 6.08 Å². The fourth-order valence-electron chi connectivity index (χ4n) is 1.03. The number of anilines is 1. The van der Waals surface area contributed by atoms with Gasteiger partial charge in [-0.25, -0.2) is 4.79 Å². The number of halogens is 1. The molecule has 2 N–H and O–H groups in total. The van der Waals surface area contributed by atoms with Crippen molar-refractivity contribution in [2.24, 2.45) is 0 Å². The first-order valence-corrected chi connectivity index (χ1v) is 4.85. The number of nitrogen functional groups attached to an aromatic ring is 1. The summed E-state index contributed by atoms with van der Waals surface area (Å²) in [4.78, 5) is 12.9. The molecule has 1 aromatic rings. The highest BCUT2D eigenvalue weighted by Gasteiger charge is 2.06. The van der Waals surface area contributed by atoms with Crippen LogP contribution in [0.4, 0.5) is 5.69 Å². The molecule has 0 atom stereocenters. The summed E-state index contributed by atoms with van der Waals surface area (Å²) in [5.74, 6) is -0.366. The number of rotatable bonds is 2. The zero-order valence-electron chi connectivity index (χ0n) is 7.66. The molecule has 4 heteroatoms. The largest absolute Gasteiger partial charge is 0.465 e. The maximum Gasteiger partial charge on any atom is 0.337 e. The summed E-state index contributed by atoms with van der Waals surface area (Å²) in [5, 5.41) is 0. The van der Waals surface area contributed by atoms with E-state index in [1.165, 1.54) is 7.11 Å². The van der Waals surface area contributed by atoms with E-state index in [1.807, 2.05) is 0 Å². The van der Waals surface area contributed by atoms with E-state index in [1.54, 1.807) is 29.3 Å². The highest BCUT2D eigenvalue weighted by molar-refractivity contribution is 9.11. The third-order valence-corrected chi connectivity index (χ3v) is 2.01. The number of methoxy groups -OCH3 is 1. The van der Waals surface area contributed by atoms with Crippen molar-refractivity contribution in [2.75, 3.05) is 12.8 Å². The average Bonchev–Trinajstić information content (AvgIpc) is 2.20. The standard InChI is InChI=1S/C10H10BrNO2/c1-14-10(13)8-2-3-9(12)7(6-8)4-5-11/h2-6H,12H2,1H3/b5-4-. The van der Waals surface area contributed by atoms with Gasteiger partial charge in [-0.05, 0) is 34.8 Å². The molecule has 0 spiro atoms. The van der Waals surface area contributed by atoms with Crippen molar-refractivity contribution in [3.05, 3.63) is 34.3 Å². The summed E-state index contributed by atoms with van der Waals surface area (Å²) in [6.45, 7) is 0. The molecule has 0 radical (unpaired) electrons. The molecule has 0 unspecified atom stereocenters. The summed E-state index contributed by atoms with van der Waals surface area (Å²) in [6.07, 6.45) is 1.77. The molecule has 0 bridgehead atoms. The Labute approximate surface area is 90.7 Å². The van der Waals surface area contributed by atoms with E-state index in [2.05, 4.69) is 20.7 Å². The summed E-state index contributed by atoms with van der Waals surface area (Å²) < 4.78 is 4.59. The second-order valence-electron chi connectivity index (χ2n) is 2.63. The zero-order chi connectivity index (χ0) is 10.6. The quantitative estimate of drug-likeness (QED) is 0.653. The van der Waals surface area contributed by atoms with Crippen LogP contribution in [0, 0.1) is 0 Å². The Kier molecular flexibility index (Phi) is 3.71. The van der Waals surface area contributed by atoms with Gasteiger partial charge in [0.25, 0.3) is 0 Å². The van der Waals surface area contributed by atoms with Gasteiger partial charge in [0.1, 0.15) is 0 Å². The van der Waals surface area contributed by atoms with E-state index in [0.717, 1.165) is 5.56 Å². The van der Waals surface area contributed by atoms with Gasteiger partial charge >= 0.3 is 5.97 Å². The van der Waals surface area contributed by atoms with Crippen LogP contribution >= 0.6 is 15.9 Å². The highest BCUT2D eigenvalue weighted by atomic mass is 79.9. The second kappa shape index (κ2) is 4.81. The third kappa shape index (κ3) is 2.35. The lowest BCUT2D eigenvalue weighted by molar-refractivity contribution is 0.0601. The van der Waals surface area contributed by atoms with Crippen LogP contribution in [-0.4, -0.2) is 13.1 Å². The van der Waals surface area contributed by atoms with E-state index in [4.69, 9.17) is 5.73 Å². The van der Waals surface area contributed by atoms with Crippen molar-refractivity contribution in [1.82, 2.24) is 0 Å². The molecule has 1 rings (SSSR count). The van der Waals surface area contributed by atoms with Gasteiger partial charge in [-0.2, -0.15) is 0 Å². The molecule has 3 nitrogen and oxygen atoms in total. The van der Waals surface area contributed by atoms with E-state index in [0.29, 0.717) is 11.3 Å². The molecule has 0 fully saturated rings. The van der Waals surface area contributed by atoms with Crippen molar-refractivity contribution >= 4 is 33.7 Å². The highest BCUT2D eigenvalue weighted by Crippen LogP contribution is 2.17. The molecule has 0 heterocycles. The molecule has 0 aliphatic rings. The Hall–Kier alpha value is -1.29. The van der Waals surface area contributed by atoms with Gasteiger partial charge < -0.3 is 10.5 Å². The number of benzene rings is 1. The summed E-state index contributed by atoms with van der Waals surface area (Å²) in [6, 6.07) is 4.99. The predicted octanol–water partition coefficient (Wildman–Crippen LogP) is 2.42. The van der Waals surface area contributed by atoms with Crippen LogP contribution in [0.2, 0.25) is 0 Å². The normalized spacial score (nSPS) is 10.4. The predicted molar refractivity (Wildman–Crippen MR) is 60.2 cm³/mol. The summed E-state index contributed by atoms with van der Waals surface area (Å²) in [7, 11) is 1.35. The van der Waals surface area contributed by atoms with E-state index >= 15 is 0 Å². The van der Waals surface area contributed by atoms with Crippen LogP contribution in [0.5, 0.6) is 0 Å². The first-order valence-electron chi connectivity index (χ1n) is 3.93. The maximum absolute atomic E-state index is 11.2. The second-order valence-corrected chi connectivity index (χ2v) is 3.16. The van der Waals surface area contributed by atoms with Crippen molar-refractivity contribution in [3.63, 3.8) is 0 Å². The van der Waals surface area contributed by atoms with Gasteiger partial charge in [0.05, 0.1) is 12.7 Å². The number of hydrogen-bond acceptors (Lipinski definition) is 3. The molecular formula is C10H10BrNO2. The lowest BCUT2D eigenvalue weighted by Gasteiger charge is -2.03. The third-order valence-electron chi connectivity index (χ3n) is 1.75. The Balaban J connectivity index is 3.12. The van der Waals surface area contributed by atoms with Crippen LogP contribution in [0.15, 0.2) is 23.2 Å². The maximum atomic E-state index is 11.2. The minimum absolute atomic E-state index is 0.366.